The van der Waals surface area contributed by atoms with Gasteiger partial charge in [0, 0.05) is 77.8 Å². The van der Waals surface area contributed by atoms with Gasteiger partial charge in [-0.2, -0.15) is 25.2 Å². The molecule has 16 aliphatic rings. The predicted molar refractivity (Wildman–Crippen MR) is 491 cm³/mol. The lowest BCUT2D eigenvalue weighted by Crippen LogP contribution is -2.51. The minimum Gasteiger partial charge on any atom is -0.390 e. The molecule has 128 heavy (non-hydrogen) atoms. The van der Waals surface area contributed by atoms with Gasteiger partial charge in [0.05, 0.1) is 64.1 Å². The normalized spacial score (nSPS) is 43.5. The number of fused-ring (bicyclic) bond motifs is 24. The van der Waals surface area contributed by atoms with E-state index in [2.05, 4.69) is 78.3 Å². The molecule has 0 spiro atoms. The summed E-state index contributed by atoms with van der Waals surface area (Å²) in [5.41, 5.74) is 3.85. The Morgan fingerprint density at radius 3 is 1.09 bits per heavy atom. The molecule has 0 amide bonds. The number of aromatic nitrogens is 14. The smallest absolute Gasteiger partial charge is 0.159 e. The standard InChI is InChI=1S/2C27H37N3O2.2C26H36N4O2/c1-26(32)10-7-19-17(13-26)3-4-21-20(19)8-11-27(2)22(21)5-6-23(27)25(31)16-30-15-18-14-28-12-9-24(18)29-30;1-26(32)10-7-19-17(13-26)3-4-21-20(19)8-11-27(2)22(21)5-6-23(27)25(31)16-30-24-9-12-28-14-18(24)15-29-30;1-25(32)10-7-17-16(13-25)3-4-19-18(17)8-11-26(2)20(19)5-6-21(26)24(31)15-30-23-9-12-27-14-22(23)28-29-30;1-25(32)10-7-17-16(13-25)3-4-19-18(17)8-11-26(2)20(19)5-6-21(26)24(31)15-30-28-22-9-12-27-14-23(22)29-30/h2*9,12,14-15,17,19-23,32H,3-8,10-11,13,16H2,1-2H3;2*9,12,14,16-21,32H,3-8,10-11,13,15H2,1-2H3/t2*17-,19+,20-,21-,22+,23-,26-,27+;2*16-,17+,18-,19-,20+,21-,25-,26+/m1111/s1. The molecule has 24 rings (SSSR count). The minimum atomic E-state index is -0.455. The molecule has 0 unspecified atom stereocenters. The molecule has 16 aliphatic carbocycles. The Hall–Kier alpha value is -7.14. The number of carbonyl (C=O) groups excluding carboxylic acids is 4. The van der Waals surface area contributed by atoms with Gasteiger partial charge in [0.2, 0.25) is 0 Å². The van der Waals surface area contributed by atoms with Crippen molar-refractivity contribution in [1.29, 1.82) is 0 Å². The Morgan fingerprint density at radius 2 is 0.672 bits per heavy atom. The zero-order valence-corrected chi connectivity index (χ0v) is 77.9. The number of ketones is 4. The summed E-state index contributed by atoms with van der Waals surface area (Å²) in [6.07, 6.45) is 59.5. The lowest BCUT2D eigenvalue weighted by molar-refractivity contribution is -0.133. The van der Waals surface area contributed by atoms with Crippen molar-refractivity contribution >= 4 is 67.0 Å². The van der Waals surface area contributed by atoms with Gasteiger partial charge in [0.1, 0.15) is 36.2 Å². The summed E-state index contributed by atoms with van der Waals surface area (Å²) in [6, 6.07) is 7.61. The van der Waals surface area contributed by atoms with Gasteiger partial charge in [-0.05, 0) is 423 Å². The third kappa shape index (κ3) is 15.8. The average molecular weight is 1740 g/mol. The molecule has 0 bridgehead atoms. The van der Waals surface area contributed by atoms with Crippen LogP contribution in [-0.4, -0.2) is 135 Å². The number of nitrogens with zero attached hydrogens (tertiary/aromatic N) is 14. The average Bonchev–Trinajstić information content (AvgIpc) is 1.50. The quantitative estimate of drug-likeness (QED) is 0.0883. The summed E-state index contributed by atoms with van der Waals surface area (Å²) in [7, 11) is 0. The molecular formula is C106H146N14O8. The molecule has 0 saturated heterocycles. The van der Waals surface area contributed by atoms with Gasteiger partial charge in [-0.15, -0.1) is 5.10 Å². The zero-order chi connectivity index (χ0) is 88.3. The molecule has 16 saturated carbocycles. The van der Waals surface area contributed by atoms with Crippen molar-refractivity contribution in [1.82, 2.24) is 69.5 Å². The summed E-state index contributed by atoms with van der Waals surface area (Å²) >= 11 is 0. The molecule has 16 fully saturated rings. The maximum absolute atomic E-state index is 13.6. The van der Waals surface area contributed by atoms with Crippen molar-refractivity contribution < 1.29 is 39.6 Å². The fraction of sp³-hybridized carbons (Fsp3) is 0.755. The number of hydrogen-bond donors (Lipinski definition) is 4. The molecule has 8 aromatic rings. The highest BCUT2D eigenvalue weighted by Gasteiger charge is 2.64. The Morgan fingerprint density at radius 1 is 0.320 bits per heavy atom. The van der Waals surface area contributed by atoms with Crippen LogP contribution in [0, 0.1) is 164 Å². The monoisotopic (exact) mass is 1740 g/mol. The number of Topliss-reactive ketones (excluding diaryl/α,β-unsaturated/α-hetero) is 4. The van der Waals surface area contributed by atoms with Crippen LogP contribution in [-0.2, 0) is 45.4 Å². The summed E-state index contributed by atoms with van der Waals surface area (Å²) in [5.74, 6) is 17.1. The fourth-order valence-electron chi connectivity index (χ4n) is 35.4. The first-order chi connectivity index (χ1) is 61.4. The lowest BCUT2D eigenvalue weighted by atomic mass is 9.49. The van der Waals surface area contributed by atoms with Crippen molar-refractivity contribution in [2.45, 2.75) is 335 Å². The number of rotatable bonds is 12. The highest BCUT2D eigenvalue weighted by Crippen LogP contribution is 2.70. The maximum atomic E-state index is 13.6. The van der Waals surface area contributed by atoms with Crippen LogP contribution in [0.1, 0.15) is 287 Å². The third-order valence-corrected chi connectivity index (χ3v) is 41.1. The summed E-state index contributed by atoms with van der Waals surface area (Å²) in [4.78, 5) is 72.2. The van der Waals surface area contributed by atoms with Crippen LogP contribution in [0.2, 0.25) is 0 Å². The number of aliphatic hydroxyl groups is 4. The molecular weight excluding hydrogens is 1600 g/mol. The van der Waals surface area contributed by atoms with E-state index in [-0.39, 0.29) is 51.9 Å². The van der Waals surface area contributed by atoms with E-state index in [9.17, 15) is 39.6 Å². The molecule has 8 heterocycles. The topological polar surface area (TPSA) is 298 Å². The number of hydrogen-bond acceptors (Lipinski definition) is 18. The SMILES string of the molecule is C[C@@]1(O)CC[C@H]2[C@H](CC[C@@H]3[C@@H]2CC[C@]2(C)[C@@H](C(=O)Cn4cc5cnccc5n4)CC[C@@H]32)C1.C[C@@]1(O)CC[C@H]2[C@H](CC[C@@H]3[C@@H]2CC[C@]2(C)[C@@H](C(=O)Cn4nc5ccncc5n4)CC[C@@H]32)C1.C[C@@]1(O)CC[C@H]2[C@H](CC[C@@H]3[C@@H]2CC[C@]2(C)[C@@H](C(=O)Cn4ncc5cnccc54)CC[C@@H]32)C1.C[C@@]1(O)CC[C@H]2[C@H](CC[C@@H]3[C@@H]2CC[C@]2(C)[C@@H](C(=O)Cn4nnc5cnccc54)CC[C@@H]32)C1. The van der Waals surface area contributed by atoms with Crippen molar-refractivity contribution in [3.05, 3.63) is 86.2 Å². The van der Waals surface area contributed by atoms with Crippen LogP contribution in [0.15, 0.2) is 86.2 Å². The van der Waals surface area contributed by atoms with Gasteiger partial charge < -0.3 is 20.4 Å². The van der Waals surface area contributed by atoms with Crippen molar-refractivity contribution in [3.8, 4) is 0 Å². The van der Waals surface area contributed by atoms with E-state index in [1.54, 1.807) is 46.7 Å². The maximum Gasteiger partial charge on any atom is 0.159 e. The first-order valence-corrected chi connectivity index (χ1v) is 51.2. The minimum absolute atomic E-state index is 0.124. The van der Waals surface area contributed by atoms with Crippen LogP contribution in [0.25, 0.3) is 43.9 Å². The van der Waals surface area contributed by atoms with Crippen molar-refractivity contribution in [2.75, 3.05) is 0 Å². The van der Waals surface area contributed by atoms with Gasteiger partial charge in [0.15, 0.2) is 23.1 Å². The molecule has 0 aliphatic heterocycles. The van der Waals surface area contributed by atoms with Crippen LogP contribution < -0.4 is 0 Å². The molecule has 22 nitrogen and oxygen atoms in total. The summed E-state index contributed by atoms with van der Waals surface area (Å²) in [5, 5.41) is 71.0. The second kappa shape index (κ2) is 33.5. The zero-order valence-electron chi connectivity index (χ0n) is 77.9. The van der Waals surface area contributed by atoms with Crippen LogP contribution >= 0.6 is 0 Å². The largest absolute Gasteiger partial charge is 0.390 e. The predicted octanol–water partition coefficient (Wildman–Crippen LogP) is 18.9. The molecule has 4 N–H and O–H groups in total. The summed E-state index contributed by atoms with van der Waals surface area (Å²) < 4.78 is 5.47. The first kappa shape index (κ1) is 87.5. The summed E-state index contributed by atoms with van der Waals surface area (Å²) in [6.45, 7) is 19.2. The molecule has 688 valence electrons. The van der Waals surface area contributed by atoms with Gasteiger partial charge in [0.25, 0.3) is 0 Å². The van der Waals surface area contributed by atoms with Gasteiger partial charge in [-0.25, -0.2) is 4.68 Å². The van der Waals surface area contributed by atoms with E-state index in [0.717, 1.165) is 192 Å². The van der Waals surface area contributed by atoms with Crippen LogP contribution in [0.3, 0.4) is 0 Å². The molecule has 22 heteroatoms. The van der Waals surface area contributed by atoms with Crippen molar-refractivity contribution in [3.63, 3.8) is 0 Å². The lowest BCUT2D eigenvalue weighted by Gasteiger charge is -2.56. The van der Waals surface area contributed by atoms with Crippen molar-refractivity contribution in [2.24, 2.45) is 164 Å². The van der Waals surface area contributed by atoms with E-state index >= 15 is 0 Å². The Bertz CT molecular complexity index is 5020. The third-order valence-electron chi connectivity index (χ3n) is 41.1. The highest BCUT2D eigenvalue weighted by molar-refractivity contribution is 5.87. The molecule has 32 atom stereocenters. The second-order valence-electron chi connectivity index (χ2n) is 48.0. The fourth-order valence-corrected chi connectivity index (χ4v) is 35.4. The Labute approximate surface area is 756 Å². The van der Waals surface area contributed by atoms with E-state index in [1.807, 2.05) is 86.1 Å². The molecule has 8 aromatic heterocycles. The molecule has 0 aromatic carbocycles. The highest BCUT2D eigenvalue weighted by atomic mass is 16.3. The van der Waals surface area contributed by atoms with E-state index in [1.165, 1.54) is 154 Å². The van der Waals surface area contributed by atoms with Gasteiger partial charge >= 0.3 is 0 Å². The van der Waals surface area contributed by atoms with Gasteiger partial charge in [-0.3, -0.25) is 48.5 Å². The number of pyridine rings is 4. The van der Waals surface area contributed by atoms with E-state index < -0.39 is 22.4 Å². The first-order valence-electron chi connectivity index (χ1n) is 51.2. The Balaban J connectivity index is 0.000000104. The van der Waals surface area contributed by atoms with E-state index in [4.69, 9.17) is 0 Å². The number of carbonyl (C=O) groups is 4. The molecule has 0 radical (unpaired) electrons. The second-order valence-corrected chi connectivity index (χ2v) is 48.0. The van der Waals surface area contributed by atoms with Crippen LogP contribution in [0.5, 0.6) is 0 Å². The van der Waals surface area contributed by atoms with Crippen LogP contribution in [0.4, 0.5) is 0 Å². The van der Waals surface area contributed by atoms with Gasteiger partial charge in [-0.1, -0.05) is 32.9 Å². The van der Waals surface area contributed by atoms with E-state index in [0.29, 0.717) is 90.1 Å². The Kier molecular flexibility index (Phi) is 22.9.